The summed E-state index contributed by atoms with van der Waals surface area (Å²) in [5, 5.41) is 6.68. The average Bonchev–Trinajstić information content (AvgIpc) is 3.16. The van der Waals surface area contributed by atoms with Crippen molar-refractivity contribution in [2.75, 3.05) is 20.8 Å². The number of rotatable bonds is 4. The van der Waals surface area contributed by atoms with E-state index in [9.17, 15) is 9.59 Å². The van der Waals surface area contributed by atoms with Crippen LogP contribution in [0.3, 0.4) is 0 Å². The summed E-state index contributed by atoms with van der Waals surface area (Å²) >= 11 is 0. The molecule has 2 aliphatic rings. The first-order valence-electron chi connectivity index (χ1n) is 10.0. The number of nitrogens with zero attached hydrogens (tertiary/aromatic N) is 3. The predicted octanol–water partition coefficient (Wildman–Crippen LogP) is 2.31. The molecule has 1 fully saturated rings. The van der Waals surface area contributed by atoms with Crippen LogP contribution in [-0.2, 0) is 22.6 Å². The molecule has 5 rings (SSSR count). The largest absolute Gasteiger partial charge is 0.493 e. The van der Waals surface area contributed by atoms with E-state index in [1.54, 1.807) is 25.2 Å². The van der Waals surface area contributed by atoms with Gasteiger partial charge in [0, 0.05) is 28.6 Å². The lowest BCUT2D eigenvalue weighted by molar-refractivity contribution is -0.157. The summed E-state index contributed by atoms with van der Waals surface area (Å²) in [5.41, 5.74) is 3.77. The lowest BCUT2D eigenvalue weighted by atomic mass is 9.94. The van der Waals surface area contributed by atoms with Crippen LogP contribution in [0.25, 0.3) is 10.9 Å². The molecule has 0 aliphatic carbocycles. The van der Waals surface area contributed by atoms with Gasteiger partial charge in [-0.3, -0.25) is 9.59 Å². The zero-order valence-corrected chi connectivity index (χ0v) is 17.3. The molecular formula is C23H22N4O4. The molecule has 8 heteroatoms. The SMILES string of the molecule is COc1cccc(C=NN2CC(=O)N3Cc4[nH]c5ccccc5c4CC3C2=O)c1OC. The summed E-state index contributed by atoms with van der Waals surface area (Å²) in [5.74, 6) is 0.780. The van der Waals surface area contributed by atoms with Gasteiger partial charge in [-0.05, 0) is 23.8 Å². The minimum Gasteiger partial charge on any atom is -0.493 e. The number of ether oxygens (including phenoxy) is 2. The van der Waals surface area contributed by atoms with E-state index in [-0.39, 0.29) is 18.4 Å². The number of H-pyrrole nitrogens is 1. The van der Waals surface area contributed by atoms with E-state index in [1.165, 1.54) is 11.2 Å². The summed E-state index contributed by atoms with van der Waals surface area (Å²) < 4.78 is 10.7. The Morgan fingerprint density at radius 2 is 1.90 bits per heavy atom. The van der Waals surface area contributed by atoms with E-state index in [2.05, 4.69) is 10.1 Å². The van der Waals surface area contributed by atoms with Gasteiger partial charge >= 0.3 is 0 Å². The van der Waals surface area contributed by atoms with Gasteiger partial charge in [-0.1, -0.05) is 24.3 Å². The summed E-state index contributed by atoms with van der Waals surface area (Å²) in [7, 11) is 3.10. The Bertz CT molecular complexity index is 1220. The fourth-order valence-corrected chi connectivity index (χ4v) is 4.40. The van der Waals surface area contributed by atoms with Gasteiger partial charge in [-0.25, -0.2) is 5.01 Å². The molecule has 2 aromatic carbocycles. The number of para-hydroxylation sites is 2. The molecule has 1 atom stereocenters. The molecule has 1 saturated heterocycles. The zero-order chi connectivity index (χ0) is 21.5. The second-order valence-corrected chi connectivity index (χ2v) is 7.59. The van der Waals surface area contributed by atoms with Crippen LogP contribution in [0.15, 0.2) is 47.6 Å². The number of methoxy groups -OCH3 is 2. The molecule has 2 amide bonds. The highest BCUT2D eigenvalue weighted by atomic mass is 16.5. The first kappa shape index (κ1) is 19.2. The van der Waals surface area contributed by atoms with E-state index in [0.29, 0.717) is 30.0 Å². The maximum atomic E-state index is 13.2. The van der Waals surface area contributed by atoms with Crippen molar-refractivity contribution >= 4 is 28.9 Å². The molecule has 0 bridgehead atoms. The highest BCUT2D eigenvalue weighted by Gasteiger charge is 2.43. The van der Waals surface area contributed by atoms with Crippen molar-refractivity contribution in [1.29, 1.82) is 0 Å². The number of piperazine rings is 1. The highest BCUT2D eigenvalue weighted by molar-refractivity contribution is 5.97. The number of aromatic nitrogens is 1. The molecule has 0 radical (unpaired) electrons. The molecule has 3 heterocycles. The molecule has 1 aromatic heterocycles. The van der Waals surface area contributed by atoms with Crippen LogP contribution in [0.5, 0.6) is 11.5 Å². The molecule has 31 heavy (non-hydrogen) atoms. The summed E-state index contributed by atoms with van der Waals surface area (Å²) in [6.45, 7) is 0.314. The Balaban J connectivity index is 1.44. The van der Waals surface area contributed by atoms with Gasteiger partial charge in [0.1, 0.15) is 12.6 Å². The van der Waals surface area contributed by atoms with Crippen molar-refractivity contribution in [3.05, 3.63) is 59.3 Å². The quantitative estimate of drug-likeness (QED) is 0.659. The smallest absolute Gasteiger partial charge is 0.266 e. The molecule has 1 unspecified atom stereocenters. The third-order valence-corrected chi connectivity index (χ3v) is 5.92. The minimum atomic E-state index is -0.558. The summed E-state index contributed by atoms with van der Waals surface area (Å²) in [6, 6.07) is 12.8. The van der Waals surface area contributed by atoms with Crippen LogP contribution in [0.4, 0.5) is 0 Å². The molecule has 1 N–H and O–H groups in total. The van der Waals surface area contributed by atoms with Crippen LogP contribution in [0, 0.1) is 0 Å². The average molecular weight is 418 g/mol. The van der Waals surface area contributed by atoms with Crippen molar-refractivity contribution in [1.82, 2.24) is 14.9 Å². The summed E-state index contributed by atoms with van der Waals surface area (Å²) in [4.78, 5) is 31.1. The van der Waals surface area contributed by atoms with Crippen LogP contribution >= 0.6 is 0 Å². The third kappa shape index (κ3) is 3.11. The normalized spacial score (nSPS) is 18.5. The van der Waals surface area contributed by atoms with Crippen LogP contribution in [-0.4, -0.2) is 59.7 Å². The number of carbonyl (C=O) groups excluding carboxylic acids is 2. The number of aromatic amines is 1. The highest BCUT2D eigenvalue weighted by Crippen LogP contribution is 2.33. The number of carbonyl (C=O) groups is 2. The van der Waals surface area contributed by atoms with Gasteiger partial charge in [0.25, 0.3) is 5.91 Å². The molecule has 8 nitrogen and oxygen atoms in total. The Morgan fingerprint density at radius 1 is 1.06 bits per heavy atom. The minimum absolute atomic E-state index is 0.0896. The number of benzene rings is 2. The predicted molar refractivity (Wildman–Crippen MR) is 115 cm³/mol. The Labute approximate surface area is 179 Å². The summed E-state index contributed by atoms with van der Waals surface area (Å²) in [6.07, 6.45) is 2.00. The second-order valence-electron chi connectivity index (χ2n) is 7.59. The van der Waals surface area contributed by atoms with Gasteiger partial charge in [-0.2, -0.15) is 5.10 Å². The van der Waals surface area contributed by atoms with Gasteiger partial charge < -0.3 is 19.4 Å². The molecule has 2 aliphatic heterocycles. The molecule has 3 aromatic rings. The standard InChI is InChI=1S/C23H22N4O4/c1-30-20-9-5-6-14(22(20)31-2)11-24-27-13-21(28)26-12-18-16(10-19(26)23(27)29)15-7-3-4-8-17(15)25-18/h3-9,11,19,25H,10,12-13H2,1-2H3. The number of hydrogen-bond donors (Lipinski definition) is 1. The van der Waals surface area contributed by atoms with Crippen LogP contribution < -0.4 is 9.47 Å². The van der Waals surface area contributed by atoms with Gasteiger partial charge in [0.2, 0.25) is 5.91 Å². The Morgan fingerprint density at radius 3 is 2.71 bits per heavy atom. The molecule has 0 spiro atoms. The van der Waals surface area contributed by atoms with Crippen LogP contribution in [0.2, 0.25) is 0 Å². The van der Waals surface area contributed by atoms with Crippen molar-refractivity contribution in [3.63, 3.8) is 0 Å². The molecular weight excluding hydrogens is 396 g/mol. The van der Waals surface area contributed by atoms with Crippen molar-refractivity contribution < 1.29 is 19.1 Å². The lowest BCUT2D eigenvalue weighted by Crippen LogP contribution is -2.60. The number of hydrazone groups is 1. The molecule has 0 saturated carbocycles. The fraction of sp³-hybridized carbons (Fsp3) is 0.261. The maximum Gasteiger partial charge on any atom is 0.266 e. The van der Waals surface area contributed by atoms with E-state index in [1.807, 2.05) is 36.4 Å². The van der Waals surface area contributed by atoms with E-state index < -0.39 is 6.04 Å². The first-order valence-corrected chi connectivity index (χ1v) is 10.0. The number of amides is 2. The fourth-order valence-electron chi connectivity index (χ4n) is 4.40. The monoisotopic (exact) mass is 418 g/mol. The first-order chi connectivity index (χ1) is 15.1. The van der Waals surface area contributed by atoms with Crippen molar-refractivity contribution in [2.24, 2.45) is 5.10 Å². The van der Waals surface area contributed by atoms with E-state index >= 15 is 0 Å². The Hall–Kier alpha value is -3.81. The number of fused-ring (bicyclic) bond motifs is 4. The van der Waals surface area contributed by atoms with Gasteiger partial charge in [0.15, 0.2) is 11.5 Å². The topological polar surface area (TPSA) is 87.2 Å². The number of nitrogens with one attached hydrogen (secondary N) is 1. The molecule has 158 valence electrons. The van der Waals surface area contributed by atoms with Crippen molar-refractivity contribution in [3.8, 4) is 11.5 Å². The van der Waals surface area contributed by atoms with Gasteiger partial charge in [0.05, 0.1) is 27.0 Å². The zero-order valence-electron chi connectivity index (χ0n) is 17.3. The van der Waals surface area contributed by atoms with Crippen molar-refractivity contribution in [2.45, 2.75) is 19.0 Å². The van der Waals surface area contributed by atoms with E-state index in [0.717, 1.165) is 22.2 Å². The van der Waals surface area contributed by atoms with Crippen LogP contribution in [0.1, 0.15) is 16.8 Å². The Kier molecular flexibility index (Phi) is 4.62. The van der Waals surface area contributed by atoms with E-state index in [4.69, 9.17) is 9.47 Å². The second kappa shape index (κ2) is 7.46. The van der Waals surface area contributed by atoms with Gasteiger partial charge in [-0.15, -0.1) is 0 Å². The maximum absolute atomic E-state index is 13.2. The third-order valence-electron chi connectivity index (χ3n) is 5.92. The number of hydrogen-bond acceptors (Lipinski definition) is 5. The lowest BCUT2D eigenvalue weighted by Gasteiger charge is -2.40.